The van der Waals surface area contributed by atoms with E-state index in [2.05, 4.69) is 4.98 Å². The van der Waals surface area contributed by atoms with Crippen LogP contribution in [0.3, 0.4) is 0 Å². The minimum absolute atomic E-state index is 0.00810. The number of hydrogen-bond donors (Lipinski definition) is 0. The van der Waals surface area contributed by atoms with Gasteiger partial charge in [-0.25, -0.2) is 9.88 Å². The maximum atomic E-state index is 13.4. The lowest BCUT2D eigenvalue weighted by Gasteiger charge is -2.28. The first-order chi connectivity index (χ1) is 17.0. The molecule has 3 amide bonds. The van der Waals surface area contributed by atoms with Gasteiger partial charge in [0.1, 0.15) is 11.6 Å². The van der Waals surface area contributed by atoms with Gasteiger partial charge in [-0.15, -0.1) is 0 Å². The number of imide groups is 1. The molecule has 3 aromatic carbocycles. The second kappa shape index (κ2) is 8.20. The van der Waals surface area contributed by atoms with Gasteiger partial charge in [-0.2, -0.15) is 0 Å². The van der Waals surface area contributed by atoms with Crippen LogP contribution in [0.25, 0.3) is 22.6 Å². The second-order valence-electron chi connectivity index (χ2n) is 9.13. The molecule has 2 aliphatic rings. The number of carbonyl (C=O) groups excluding carboxylic acids is 3. The number of fused-ring (bicyclic) bond motifs is 1. The highest BCUT2D eigenvalue weighted by Crippen LogP contribution is 2.36. The number of rotatable bonds is 5. The summed E-state index contributed by atoms with van der Waals surface area (Å²) < 4.78 is 5.82. The maximum absolute atomic E-state index is 13.4. The molecule has 1 aromatic heterocycles. The van der Waals surface area contributed by atoms with Crippen LogP contribution in [0.15, 0.2) is 77.2 Å². The van der Waals surface area contributed by atoms with Crippen LogP contribution in [0, 0.1) is 6.92 Å². The summed E-state index contributed by atoms with van der Waals surface area (Å²) in [6.07, 6.45) is 1.67. The summed E-state index contributed by atoms with van der Waals surface area (Å²) in [4.78, 5) is 47.1. The highest BCUT2D eigenvalue weighted by Gasteiger charge is 2.48. The molecule has 7 heteroatoms. The monoisotopic (exact) mass is 465 g/mol. The van der Waals surface area contributed by atoms with Crippen molar-refractivity contribution in [2.45, 2.75) is 38.3 Å². The lowest BCUT2D eigenvalue weighted by atomic mass is 10.1. The molecule has 1 aliphatic carbocycles. The fourth-order valence-corrected chi connectivity index (χ4v) is 4.69. The summed E-state index contributed by atoms with van der Waals surface area (Å²) in [5, 5.41) is 0. The molecule has 4 aromatic rings. The topological polar surface area (TPSA) is 83.7 Å². The normalized spacial score (nSPS) is 17.9. The highest BCUT2D eigenvalue weighted by atomic mass is 16.3. The van der Waals surface area contributed by atoms with E-state index in [9.17, 15) is 14.4 Å². The van der Waals surface area contributed by atoms with E-state index in [0.717, 1.165) is 29.5 Å². The molecule has 35 heavy (non-hydrogen) atoms. The third-order valence-corrected chi connectivity index (χ3v) is 6.56. The predicted octanol–water partition coefficient (Wildman–Crippen LogP) is 4.74. The van der Waals surface area contributed by atoms with Crippen LogP contribution in [0.4, 0.5) is 5.69 Å². The number of hydrogen-bond acceptors (Lipinski definition) is 5. The Hall–Kier alpha value is -4.26. The number of anilines is 1. The van der Waals surface area contributed by atoms with E-state index in [1.807, 2.05) is 49.4 Å². The molecule has 0 radical (unpaired) electrons. The summed E-state index contributed by atoms with van der Waals surface area (Å²) in [6, 6.07) is 21.0. The lowest BCUT2D eigenvalue weighted by molar-refractivity contribution is -0.122. The number of amides is 3. The van der Waals surface area contributed by atoms with Crippen LogP contribution in [0.1, 0.15) is 35.2 Å². The number of oxazole rings is 1. The van der Waals surface area contributed by atoms with Gasteiger partial charge in [0.05, 0.1) is 12.1 Å². The van der Waals surface area contributed by atoms with Gasteiger partial charge in [0, 0.05) is 17.2 Å². The molecule has 1 saturated heterocycles. The number of nitrogens with zero attached hydrogens (tertiary/aromatic N) is 3. The molecule has 0 spiro atoms. The van der Waals surface area contributed by atoms with Crippen molar-refractivity contribution in [3.63, 3.8) is 0 Å². The number of aryl methyl sites for hydroxylation is 1. The van der Waals surface area contributed by atoms with E-state index >= 15 is 0 Å². The van der Waals surface area contributed by atoms with Crippen molar-refractivity contribution in [3.8, 4) is 11.5 Å². The van der Waals surface area contributed by atoms with Crippen molar-refractivity contribution in [1.82, 2.24) is 9.88 Å². The fourth-order valence-electron chi connectivity index (χ4n) is 4.69. The molecule has 0 N–H and O–H groups in total. The van der Waals surface area contributed by atoms with Crippen LogP contribution in [-0.2, 0) is 9.59 Å². The average molecular weight is 466 g/mol. The zero-order chi connectivity index (χ0) is 24.1. The fraction of sp³-hybridized carbons (Fsp3) is 0.214. The molecule has 1 unspecified atom stereocenters. The van der Waals surface area contributed by atoms with Gasteiger partial charge >= 0.3 is 0 Å². The van der Waals surface area contributed by atoms with Crippen LogP contribution < -0.4 is 4.90 Å². The molecule has 6 rings (SSSR count). The Bertz CT molecular complexity index is 1440. The summed E-state index contributed by atoms with van der Waals surface area (Å²) in [5.74, 6) is -0.399. The SMILES string of the molecule is Cc1cccc(C(=O)N(C2CC2)C2CC(=O)N(c3ccc(-c4nc5ccccc5o4)cc3)C2=O)c1. The molecular weight excluding hydrogens is 442 g/mol. The zero-order valence-corrected chi connectivity index (χ0v) is 19.2. The van der Waals surface area contributed by atoms with Gasteiger partial charge in [-0.05, 0) is 68.3 Å². The van der Waals surface area contributed by atoms with Gasteiger partial charge in [0.15, 0.2) is 5.58 Å². The van der Waals surface area contributed by atoms with Crippen molar-refractivity contribution in [2.24, 2.45) is 0 Å². The van der Waals surface area contributed by atoms with Crippen molar-refractivity contribution in [1.29, 1.82) is 0 Å². The first kappa shape index (κ1) is 21.3. The minimum atomic E-state index is -0.792. The Morgan fingerprint density at radius 2 is 1.77 bits per heavy atom. The van der Waals surface area contributed by atoms with Crippen LogP contribution >= 0.6 is 0 Å². The lowest BCUT2D eigenvalue weighted by Crippen LogP contribution is -2.46. The summed E-state index contributed by atoms with van der Waals surface area (Å²) in [6.45, 7) is 1.93. The summed E-state index contributed by atoms with van der Waals surface area (Å²) in [7, 11) is 0. The van der Waals surface area contributed by atoms with E-state index < -0.39 is 6.04 Å². The number of benzene rings is 3. The highest BCUT2D eigenvalue weighted by molar-refractivity contribution is 6.23. The van der Waals surface area contributed by atoms with Gasteiger partial charge in [-0.3, -0.25) is 14.4 Å². The van der Waals surface area contributed by atoms with E-state index in [1.165, 1.54) is 4.90 Å². The van der Waals surface area contributed by atoms with Crippen molar-refractivity contribution >= 4 is 34.5 Å². The van der Waals surface area contributed by atoms with Crippen molar-refractivity contribution in [2.75, 3.05) is 4.90 Å². The van der Waals surface area contributed by atoms with Crippen LogP contribution in [0.5, 0.6) is 0 Å². The first-order valence-corrected chi connectivity index (χ1v) is 11.7. The predicted molar refractivity (Wildman–Crippen MR) is 131 cm³/mol. The van der Waals surface area contributed by atoms with Gasteiger partial charge in [-0.1, -0.05) is 29.8 Å². The van der Waals surface area contributed by atoms with Gasteiger partial charge in [0.25, 0.3) is 11.8 Å². The largest absolute Gasteiger partial charge is 0.436 e. The molecule has 2 heterocycles. The molecule has 1 atom stereocenters. The second-order valence-corrected chi connectivity index (χ2v) is 9.13. The summed E-state index contributed by atoms with van der Waals surface area (Å²) >= 11 is 0. The van der Waals surface area contributed by atoms with Crippen molar-refractivity contribution < 1.29 is 18.8 Å². The third kappa shape index (κ3) is 3.79. The van der Waals surface area contributed by atoms with E-state index in [4.69, 9.17) is 4.42 Å². The number of para-hydroxylation sites is 2. The van der Waals surface area contributed by atoms with E-state index in [0.29, 0.717) is 22.7 Å². The minimum Gasteiger partial charge on any atom is -0.436 e. The maximum Gasteiger partial charge on any atom is 0.257 e. The van der Waals surface area contributed by atoms with Crippen molar-refractivity contribution in [3.05, 3.63) is 83.9 Å². The Kier molecular flexibility index (Phi) is 4.99. The Labute approximate surface area is 202 Å². The average Bonchev–Trinajstić information content (AvgIpc) is 3.53. The molecule has 2 fully saturated rings. The first-order valence-electron chi connectivity index (χ1n) is 11.7. The standard InChI is InChI=1S/C28H23N3O4/c1-17-5-4-6-19(15-17)27(33)30(20-13-14-20)23-16-25(32)31(28(23)34)21-11-9-18(10-12-21)26-29-22-7-2-3-8-24(22)35-26/h2-12,15,20,23H,13-14,16H2,1H3. The third-order valence-electron chi connectivity index (χ3n) is 6.56. The molecule has 174 valence electrons. The van der Waals surface area contributed by atoms with Gasteiger partial charge < -0.3 is 9.32 Å². The Morgan fingerprint density at radius 3 is 2.49 bits per heavy atom. The van der Waals surface area contributed by atoms with E-state index in [-0.39, 0.29) is 30.2 Å². The van der Waals surface area contributed by atoms with Crippen LogP contribution in [-0.4, -0.2) is 39.7 Å². The zero-order valence-electron chi connectivity index (χ0n) is 19.2. The molecule has 1 aliphatic heterocycles. The van der Waals surface area contributed by atoms with Gasteiger partial charge in [0.2, 0.25) is 11.8 Å². The number of carbonyl (C=O) groups is 3. The van der Waals surface area contributed by atoms with Crippen LogP contribution in [0.2, 0.25) is 0 Å². The molecular formula is C28H23N3O4. The Balaban J connectivity index is 1.26. The number of aromatic nitrogens is 1. The molecule has 1 saturated carbocycles. The molecule has 0 bridgehead atoms. The molecule has 7 nitrogen and oxygen atoms in total. The smallest absolute Gasteiger partial charge is 0.257 e. The quantitative estimate of drug-likeness (QED) is 0.398. The van der Waals surface area contributed by atoms with E-state index in [1.54, 1.807) is 35.2 Å². The summed E-state index contributed by atoms with van der Waals surface area (Å²) in [5.41, 5.74) is 4.19. The Morgan fingerprint density at radius 1 is 1.00 bits per heavy atom.